The van der Waals surface area contributed by atoms with Crippen molar-refractivity contribution in [2.45, 2.75) is 39.2 Å². The average Bonchev–Trinajstić information content (AvgIpc) is 2.16. The minimum atomic E-state index is -0.0541. The zero-order valence-electron chi connectivity index (χ0n) is 9.50. The maximum absolute atomic E-state index is 5.91. The summed E-state index contributed by atoms with van der Waals surface area (Å²) in [6, 6.07) is 0. The van der Waals surface area contributed by atoms with Crippen LogP contribution in [0.1, 0.15) is 37.9 Å². The van der Waals surface area contributed by atoms with Gasteiger partial charge in [-0.25, -0.2) is 9.97 Å². The molecule has 2 rings (SSSR count). The number of nitrogen functional groups attached to an aromatic ring is 1. The second-order valence-electron chi connectivity index (χ2n) is 4.91. The summed E-state index contributed by atoms with van der Waals surface area (Å²) in [6.45, 7) is 7.55. The Morgan fingerprint density at radius 1 is 1.27 bits per heavy atom. The van der Waals surface area contributed by atoms with E-state index < -0.39 is 0 Å². The monoisotopic (exact) mass is 207 g/mol. The molecule has 1 aromatic rings. The standard InChI is InChI=1S/C11H17N3O/c1-11(2,3)10-13-8-4-5-15-6-7(8)9(12)14-10/h4-6H2,1-3H3,(H2,12,13,14). The Kier molecular flexibility index (Phi) is 2.38. The van der Waals surface area contributed by atoms with Gasteiger partial charge >= 0.3 is 0 Å². The third-order valence-electron chi connectivity index (χ3n) is 2.53. The highest BCUT2D eigenvalue weighted by molar-refractivity contribution is 5.43. The Labute approximate surface area is 89.9 Å². The van der Waals surface area contributed by atoms with Gasteiger partial charge in [-0.1, -0.05) is 20.8 Å². The number of nitrogens with two attached hydrogens (primary N) is 1. The van der Waals surface area contributed by atoms with Gasteiger partial charge in [-0.3, -0.25) is 0 Å². The number of rotatable bonds is 0. The Morgan fingerprint density at radius 3 is 2.67 bits per heavy atom. The van der Waals surface area contributed by atoms with Crippen molar-refractivity contribution in [2.75, 3.05) is 12.3 Å². The summed E-state index contributed by atoms with van der Waals surface area (Å²) in [5, 5.41) is 0. The van der Waals surface area contributed by atoms with E-state index in [4.69, 9.17) is 10.5 Å². The van der Waals surface area contributed by atoms with Crippen LogP contribution < -0.4 is 5.73 Å². The first-order valence-corrected chi connectivity index (χ1v) is 5.22. The Balaban J connectivity index is 2.50. The molecule has 1 aliphatic heterocycles. The molecule has 0 radical (unpaired) electrons. The summed E-state index contributed by atoms with van der Waals surface area (Å²) in [4.78, 5) is 8.92. The molecule has 0 unspecified atom stereocenters. The van der Waals surface area contributed by atoms with Gasteiger partial charge in [0.25, 0.3) is 0 Å². The molecule has 0 atom stereocenters. The fourth-order valence-corrected chi connectivity index (χ4v) is 1.59. The van der Waals surface area contributed by atoms with Crippen molar-refractivity contribution in [1.82, 2.24) is 9.97 Å². The van der Waals surface area contributed by atoms with Gasteiger partial charge < -0.3 is 10.5 Å². The zero-order chi connectivity index (χ0) is 11.1. The van der Waals surface area contributed by atoms with E-state index in [1.807, 2.05) is 0 Å². The first-order valence-electron chi connectivity index (χ1n) is 5.22. The second kappa shape index (κ2) is 3.45. The predicted molar refractivity (Wildman–Crippen MR) is 58.5 cm³/mol. The number of anilines is 1. The Bertz CT molecular complexity index is 382. The fraction of sp³-hybridized carbons (Fsp3) is 0.636. The van der Waals surface area contributed by atoms with Gasteiger partial charge in [-0.15, -0.1) is 0 Å². The van der Waals surface area contributed by atoms with E-state index in [1.165, 1.54) is 0 Å². The molecule has 4 heteroatoms. The van der Waals surface area contributed by atoms with Crippen molar-refractivity contribution in [3.8, 4) is 0 Å². The molecule has 2 heterocycles. The number of aromatic nitrogens is 2. The summed E-state index contributed by atoms with van der Waals surface area (Å²) in [5.74, 6) is 1.39. The molecule has 2 N–H and O–H groups in total. The van der Waals surface area contributed by atoms with Gasteiger partial charge in [0.05, 0.1) is 18.9 Å². The molecule has 0 amide bonds. The quantitative estimate of drug-likeness (QED) is 0.699. The molecule has 0 aliphatic carbocycles. The Morgan fingerprint density at radius 2 is 2.00 bits per heavy atom. The summed E-state index contributed by atoms with van der Waals surface area (Å²) >= 11 is 0. The Hall–Kier alpha value is -1.16. The van der Waals surface area contributed by atoms with Crippen LogP contribution in [-0.4, -0.2) is 16.6 Å². The summed E-state index contributed by atoms with van der Waals surface area (Å²) in [7, 11) is 0. The maximum Gasteiger partial charge on any atom is 0.136 e. The number of nitrogens with zero attached hydrogens (tertiary/aromatic N) is 2. The molecule has 0 fully saturated rings. The highest BCUT2D eigenvalue weighted by Gasteiger charge is 2.22. The number of ether oxygens (including phenoxy) is 1. The summed E-state index contributed by atoms with van der Waals surface area (Å²) < 4.78 is 5.34. The molecule has 0 aromatic carbocycles. The lowest BCUT2D eigenvalue weighted by molar-refractivity contribution is 0.109. The minimum absolute atomic E-state index is 0.0541. The van der Waals surface area contributed by atoms with Crippen LogP contribution in [0, 0.1) is 0 Å². The van der Waals surface area contributed by atoms with Crippen molar-refractivity contribution in [1.29, 1.82) is 0 Å². The van der Waals surface area contributed by atoms with Crippen molar-refractivity contribution >= 4 is 5.82 Å². The van der Waals surface area contributed by atoms with Crippen LogP contribution in [0.5, 0.6) is 0 Å². The van der Waals surface area contributed by atoms with Crippen LogP contribution >= 0.6 is 0 Å². The topological polar surface area (TPSA) is 61.0 Å². The van der Waals surface area contributed by atoms with Crippen LogP contribution in [0.3, 0.4) is 0 Å². The molecule has 1 aliphatic rings. The van der Waals surface area contributed by atoms with Crippen molar-refractivity contribution < 1.29 is 4.74 Å². The molecule has 1 aromatic heterocycles. The van der Waals surface area contributed by atoms with Crippen molar-refractivity contribution in [3.05, 3.63) is 17.1 Å². The van der Waals surface area contributed by atoms with E-state index in [9.17, 15) is 0 Å². The van der Waals surface area contributed by atoms with E-state index in [1.54, 1.807) is 0 Å². The lowest BCUT2D eigenvalue weighted by atomic mass is 9.95. The molecular formula is C11H17N3O. The molecule has 0 saturated carbocycles. The van der Waals surface area contributed by atoms with Crippen molar-refractivity contribution in [2.24, 2.45) is 0 Å². The van der Waals surface area contributed by atoms with Gasteiger partial charge in [0.1, 0.15) is 11.6 Å². The highest BCUT2D eigenvalue weighted by atomic mass is 16.5. The molecule has 0 saturated heterocycles. The van der Waals surface area contributed by atoms with Crippen molar-refractivity contribution in [3.63, 3.8) is 0 Å². The third kappa shape index (κ3) is 1.95. The third-order valence-corrected chi connectivity index (χ3v) is 2.53. The van der Waals surface area contributed by atoms with Crippen LogP contribution in [0.15, 0.2) is 0 Å². The van der Waals surface area contributed by atoms with E-state index in [0.717, 1.165) is 30.1 Å². The second-order valence-corrected chi connectivity index (χ2v) is 4.91. The molecule has 0 bridgehead atoms. The van der Waals surface area contributed by atoms with Crippen LogP contribution in [0.25, 0.3) is 0 Å². The number of hydrogen-bond acceptors (Lipinski definition) is 4. The predicted octanol–water partition coefficient (Wildman–Crippen LogP) is 1.43. The first kappa shape index (κ1) is 10.4. The highest BCUT2D eigenvalue weighted by Crippen LogP contribution is 2.25. The molecular weight excluding hydrogens is 190 g/mol. The van der Waals surface area contributed by atoms with E-state index >= 15 is 0 Å². The summed E-state index contributed by atoms with van der Waals surface area (Å²) in [5.41, 5.74) is 7.87. The van der Waals surface area contributed by atoms with E-state index in [-0.39, 0.29) is 5.41 Å². The normalized spacial score (nSPS) is 16.2. The van der Waals surface area contributed by atoms with E-state index in [2.05, 4.69) is 30.7 Å². The number of hydrogen-bond donors (Lipinski definition) is 1. The number of fused-ring (bicyclic) bond motifs is 1. The smallest absolute Gasteiger partial charge is 0.136 e. The average molecular weight is 207 g/mol. The van der Waals surface area contributed by atoms with Crippen LogP contribution in [0.4, 0.5) is 5.82 Å². The van der Waals surface area contributed by atoms with Gasteiger partial charge in [-0.2, -0.15) is 0 Å². The van der Waals surface area contributed by atoms with Gasteiger partial charge in [0.15, 0.2) is 0 Å². The largest absolute Gasteiger partial charge is 0.383 e. The van der Waals surface area contributed by atoms with Crippen LogP contribution in [-0.2, 0) is 23.2 Å². The summed E-state index contributed by atoms with van der Waals surface area (Å²) in [6.07, 6.45) is 0.838. The minimum Gasteiger partial charge on any atom is -0.383 e. The zero-order valence-corrected chi connectivity index (χ0v) is 9.50. The molecule has 4 nitrogen and oxygen atoms in total. The van der Waals surface area contributed by atoms with Gasteiger partial charge in [0.2, 0.25) is 0 Å². The molecule has 0 spiro atoms. The van der Waals surface area contributed by atoms with E-state index in [0.29, 0.717) is 12.4 Å². The SMILES string of the molecule is CC(C)(C)c1nc(N)c2c(n1)CCOC2. The van der Waals surface area contributed by atoms with Gasteiger partial charge in [0, 0.05) is 17.4 Å². The molecule has 82 valence electrons. The maximum atomic E-state index is 5.91. The van der Waals surface area contributed by atoms with Crippen LogP contribution in [0.2, 0.25) is 0 Å². The lowest BCUT2D eigenvalue weighted by Gasteiger charge is -2.22. The van der Waals surface area contributed by atoms with Gasteiger partial charge in [-0.05, 0) is 0 Å². The first-order chi connectivity index (χ1) is 6.98. The fourth-order valence-electron chi connectivity index (χ4n) is 1.59. The lowest BCUT2D eigenvalue weighted by Crippen LogP contribution is -2.22. The molecule has 15 heavy (non-hydrogen) atoms.